The summed E-state index contributed by atoms with van der Waals surface area (Å²) in [6, 6.07) is 0.963. The van der Waals surface area contributed by atoms with E-state index in [0.29, 0.717) is 18.6 Å². The van der Waals surface area contributed by atoms with Gasteiger partial charge in [0.2, 0.25) is 10.0 Å². The summed E-state index contributed by atoms with van der Waals surface area (Å²) in [5, 5.41) is 8.86. The molecule has 1 aliphatic heterocycles. The molecule has 0 radical (unpaired) electrons. The Kier molecular flexibility index (Phi) is 3.25. The van der Waals surface area contributed by atoms with Crippen molar-refractivity contribution in [2.24, 2.45) is 5.92 Å². The number of hydrogen-bond acceptors (Lipinski definition) is 3. The second kappa shape index (κ2) is 4.74. The number of carbonyl (C=O) groups is 1. The molecule has 0 spiro atoms. The number of sulfonamides is 1. The van der Waals surface area contributed by atoms with Crippen LogP contribution >= 0.6 is 0 Å². The zero-order valence-electron chi connectivity index (χ0n) is 10.9. The minimum Gasteiger partial charge on any atom is -0.478 e. The summed E-state index contributed by atoms with van der Waals surface area (Å²) in [5.41, 5.74) is -0.586. The molecule has 2 aliphatic rings. The first-order chi connectivity index (χ1) is 9.80. The lowest BCUT2D eigenvalue weighted by Gasteiger charge is -2.26. The molecule has 1 N–H and O–H groups in total. The van der Waals surface area contributed by atoms with Crippen LogP contribution in [0.2, 0.25) is 0 Å². The third-order valence-electron chi connectivity index (χ3n) is 4.19. The second-order valence-electron chi connectivity index (χ2n) is 5.48. The number of piperidine rings is 1. The van der Waals surface area contributed by atoms with Crippen LogP contribution in [0.3, 0.4) is 0 Å². The molecule has 1 aliphatic carbocycles. The average molecular weight is 317 g/mol. The largest absolute Gasteiger partial charge is 0.478 e. The molecule has 5 nitrogen and oxygen atoms in total. The van der Waals surface area contributed by atoms with E-state index in [1.807, 2.05) is 0 Å². The van der Waals surface area contributed by atoms with E-state index in [0.717, 1.165) is 12.8 Å². The van der Waals surface area contributed by atoms with Crippen LogP contribution in [0, 0.1) is 17.6 Å². The summed E-state index contributed by atoms with van der Waals surface area (Å²) >= 11 is 0. The van der Waals surface area contributed by atoms with E-state index < -0.39 is 38.1 Å². The van der Waals surface area contributed by atoms with E-state index in [9.17, 15) is 22.0 Å². The molecule has 1 saturated heterocycles. The van der Waals surface area contributed by atoms with E-state index in [2.05, 4.69) is 0 Å². The number of hydrogen-bond donors (Lipinski definition) is 1. The van der Waals surface area contributed by atoms with Crippen molar-refractivity contribution in [3.8, 4) is 0 Å². The molecule has 2 fully saturated rings. The Morgan fingerprint density at radius 2 is 2.00 bits per heavy atom. The third-order valence-corrected chi connectivity index (χ3v) is 6.10. The molecule has 21 heavy (non-hydrogen) atoms. The monoisotopic (exact) mass is 317 g/mol. The van der Waals surface area contributed by atoms with Crippen molar-refractivity contribution < 1.29 is 27.1 Å². The molecule has 3 rings (SSSR count). The van der Waals surface area contributed by atoms with Gasteiger partial charge in [0.05, 0.1) is 5.56 Å². The molecule has 8 heteroatoms. The van der Waals surface area contributed by atoms with E-state index in [1.54, 1.807) is 0 Å². The number of rotatable bonds is 3. The minimum atomic E-state index is -4.22. The van der Waals surface area contributed by atoms with Crippen LogP contribution < -0.4 is 0 Å². The van der Waals surface area contributed by atoms with Crippen molar-refractivity contribution in [1.29, 1.82) is 0 Å². The maximum absolute atomic E-state index is 13.9. The third kappa shape index (κ3) is 2.22. The van der Waals surface area contributed by atoms with Crippen LogP contribution in [0.15, 0.2) is 17.0 Å². The zero-order chi connectivity index (χ0) is 15.4. The highest BCUT2D eigenvalue weighted by Crippen LogP contribution is 2.41. The van der Waals surface area contributed by atoms with E-state index in [4.69, 9.17) is 5.11 Å². The Balaban J connectivity index is 2.08. The highest BCUT2D eigenvalue weighted by atomic mass is 32.2. The first kappa shape index (κ1) is 14.4. The fraction of sp³-hybridized carbons (Fsp3) is 0.462. The molecule has 1 heterocycles. The number of halogens is 2. The van der Waals surface area contributed by atoms with Gasteiger partial charge >= 0.3 is 5.97 Å². The van der Waals surface area contributed by atoms with Gasteiger partial charge in [-0.05, 0) is 37.3 Å². The fourth-order valence-corrected chi connectivity index (χ4v) is 5.02. The number of carboxylic acid groups (broad SMARTS) is 1. The summed E-state index contributed by atoms with van der Waals surface area (Å²) in [7, 11) is -4.22. The molecule has 1 aromatic rings. The van der Waals surface area contributed by atoms with Crippen molar-refractivity contribution in [1.82, 2.24) is 4.31 Å². The van der Waals surface area contributed by atoms with Crippen LogP contribution in [0.25, 0.3) is 0 Å². The minimum absolute atomic E-state index is 0.198. The SMILES string of the molecule is O=C(O)c1cc(F)c(F)c(S(=O)(=O)N2CC3CCC2C3)c1. The highest BCUT2D eigenvalue weighted by molar-refractivity contribution is 7.89. The lowest BCUT2D eigenvalue weighted by atomic mass is 10.1. The van der Waals surface area contributed by atoms with Crippen molar-refractivity contribution in [3.05, 3.63) is 29.3 Å². The summed E-state index contributed by atoms with van der Waals surface area (Å²) in [6.45, 7) is 0.283. The number of carboxylic acids is 1. The van der Waals surface area contributed by atoms with E-state index in [-0.39, 0.29) is 18.5 Å². The van der Waals surface area contributed by atoms with Crippen molar-refractivity contribution in [2.75, 3.05) is 6.54 Å². The first-order valence-electron chi connectivity index (χ1n) is 6.55. The Hall–Kier alpha value is -1.54. The predicted octanol–water partition coefficient (Wildman–Crippen LogP) is 1.84. The Labute approximate surface area is 120 Å². The molecular formula is C13H13F2NO4S. The Bertz CT molecular complexity index is 719. The normalized spacial score (nSPS) is 25.4. The van der Waals surface area contributed by atoms with Gasteiger partial charge < -0.3 is 5.11 Å². The molecule has 114 valence electrons. The molecule has 2 unspecified atom stereocenters. The van der Waals surface area contributed by atoms with Gasteiger partial charge in [0.15, 0.2) is 11.6 Å². The Morgan fingerprint density at radius 1 is 1.29 bits per heavy atom. The summed E-state index contributed by atoms with van der Waals surface area (Å²) in [5.74, 6) is -4.26. The maximum atomic E-state index is 13.9. The van der Waals surface area contributed by atoms with Gasteiger partial charge in [-0.3, -0.25) is 0 Å². The van der Waals surface area contributed by atoms with Gasteiger partial charge in [0.25, 0.3) is 0 Å². The number of benzene rings is 1. The van der Waals surface area contributed by atoms with Crippen LogP contribution in [-0.4, -0.2) is 36.4 Å². The highest BCUT2D eigenvalue weighted by Gasteiger charge is 2.45. The Morgan fingerprint density at radius 3 is 2.52 bits per heavy atom. The van der Waals surface area contributed by atoms with Crippen molar-refractivity contribution in [3.63, 3.8) is 0 Å². The van der Waals surface area contributed by atoms with Gasteiger partial charge in [-0.2, -0.15) is 4.31 Å². The van der Waals surface area contributed by atoms with Crippen LogP contribution in [0.5, 0.6) is 0 Å². The van der Waals surface area contributed by atoms with Crippen molar-refractivity contribution >= 4 is 16.0 Å². The van der Waals surface area contributed by atoms with E-state index in [1.165, 1.54) is 4.31 Å². The lowest BCUT2D eigenvalue weighted by Crippen LogP contribution is -2.38. The maximum Gasteiger partial charge on any atom is 0.335 e. The topological polar surface area (TPSA) is 74.7 Å². The standard InChI is InChI=1S/C13H13F2NO4S/c14-10-4-8(13(17)18)5-11(12(10)15)21(19,20)16-6-7-1-2-9(16)3-7/h4-5,7,9H,1-3,6H2,(H,17,18). The van der Waals surface area contributed by atoms with E-state index >= 15 is 0 Å². The van der Waals surface area contributed by atoms with Gasteiger partial charge in [-0.1, -0.05) is 0 Å². The lowest BCUT2D eigenvalue weighted by molar-refractivity contribution is 0.0696. The summed E-state index contributed by atoms with van der Waals surface area (Å²) < 4.78 is 53.5. The summed E-state index contributed by atoms with van der Waals surface area (Å²) in [4.78, 5) is 10.00. The second-order valence-corrected chi connectivity index (χ2v) is 7.34. The molecular weight excluding hydrogens is 304 g/mol. The average Bonchev–Trinajstić information content (AvgIpc) is 3.03. The van der Waals surface area contributed by atoms with Crippen LogP contribution in [0.4, 0.5) is 8.78 Å². The molecule has 2 bridgehead atoms. The fourth-order valence-electron chi connectivity index (χ4n) is 3.18. The first-order valence-corrected chi connectivity index (χ1v) is 7.99. The number of fused-ring (bicyclic) bond motifs is 2. The number of nitrogens with zero attached hydrogens (tertiary/aromatic N) is 1. The quantitative estimate of drug-likeness (QED) is 0.923. The molecule has 1 aromatic carbocycles. The van der Waals surface area contributed by atoms with Crippen LogP contribution in [-0.2, 0) is 10.0 Å². The molecule has 0 aromatic heterocycles. The van der Waals surface area contributed by atoms with Gasteiger partial charge in [0, 0.05) is 12.6 Å². The van der Waals surface area contributed by atoms with Crippen LogP contribution in [0.1, 0.15) is 29.6 Å². The van der Waals surface area contributed by atoms with Gasteiger partial charge in [-0.25, -0.2) is 22.0 Å². The number of aromatic carboxylic acids is 1. The zero-order valence-corrected chi connectivity index (χ0v) is 11.7. The van der Waals surface area contributed by atoms with Gasteiger partial charge in [-0.15, -0.1) is 0 Å². The summed E-state index contributed by atoms with van der Waals surface area (Å²) in [6.07, 6.45) is 2.36. The smallest absolute Gasteiger partial charge is 0.335 e. The molecule has 0 amide bonds. The molecule has 2 atom stereocenters. The van der Waals surface area contributed by atoms with Gasteiger partial charge in [0.1, 0.15) is 4.90 Å². The predicted molar refractivity (Wildman–Crippen MR) is 68.3 cm³/mol. The van der Waals surface area contributed by atoms with Crippen molar-refractivity contribution in [2.45, 2.75) is 30.2 Å². The molecule has 1 saturated carbocycles.